The molecule has 0 saturated carbocycles. The van der Waals surface area contributed by atoms with Gasteiger partial charge >= 0.3 is 0 Å². The SMILES string of the molecule is [O-][P+]1=C2CN21. The van der Waals surface area contributed by atoms with Gasteiger partial charge in [0.2, 0.25) is 5.42 Å². The van der Waals surface area contributed by atoms with E-state index in [1.807, 2.05) is 4.67 Å². The van der Waals surface area contributed by atoms with Gasteiger partial charge in [0.15, 0.2) is 7.92 Å². The first-order chi connectivity index (χ1) is 2.39. The highest BCUT2D eigenvalue weighted by molar-refractivity contribution is 7.63. The van der Waals surface area contributed by atoms with Crippen LogP contribution in [0.2, 0.25) is 0 Å². The average molecular weight is 87.0 g/mol. The molecule has 2 atom stereocenters. The molecule has 0 aromatic rings. The zero-order chi connectivity index (χ0) is 3.44. The van der Waals surface area contributed by atoms with Crippen molar-refractivity contribution in [3.05, 3.63) is 0 Å². The summed E-state index contributed by atoms with van der Waals surface area (Å²) < 4.78 is 1.88. The molecule has 2 unspecified atom stereocenters. The van der Waals surface area contributed by atoms with Crippen molar-refractivity contribution in [2.45, 2.75) is 0 Å². The molecule has 2 heterocycles. The molecular formula is C2H2NOP. The molecule has 0 spiro atoms. The summed E-state index contributed by atoms with van der Waals surface area (Å²) in [4.78, 5) is 9.97. The fourth-order valence-electron chi connectivity index (χ4n) is 0.338. The van der Waals surface area contributed by atoms with Crippen molar-refractivity contribution in [3.8, 4) is 0 Å². The van der Waals surface area contributed by atoms with Crippen LogP contribution in [-0.2, 0) is 0 Å². The third kappa shape index (κ3) is 0.122. The molecule has 2 aliphatic heterocycles. The Morgan fingerprint density at radius 3 is 2.40 bits per heavy atom. The topological polar surface area (TPSA) is 26.1 Å². The molecule has 0 amide bonds. The van der Waals surface area contributed by atoms with Gasteiger partial charge in [-0.15, -0.1) is 0 Å². The molecule has 0 aromatic carbocycles. The summed E-state index contributed by atoms with van der Waals surface area (Å²) in [6, 6.07) is 0. The van der Waals surface area contributed by atoms with Crippen molar-refractivity contribution in [1.29, 1.82) is 0 Å². The maximum absolute atomic E-state index is 9.97. The van der Waals surface area contributed by atoms with E-state index in [2.05, 4.69) is 0 Å². The lowest BCUT2D eigenvalue weighted by Gasteiger charge is -1.71. The molecule has 3 heteroatoms. The van der Waals surface area contributed by atoms with Crippen LogP contribution in [0, 0.1) is 0 Å². The Hall–Kier alpha value is 0.0900. The van der Waals surface area contributed by atoms with Crippen LogP contribution in [0.1, 0.15) is 0 Å². The van der Waals surface area contributed by atoms with Gasteiger partial charge < -0.3 is 4.89 Å². The summed E-state index contributed by atoms with van der Waals surface area (Å²) >= 11 is 0. The second kappa shape index (κ2) is 0.384. The average Bonchev–Trinajstić information content (AvgIpc) is 2.11. The fraction of sp³-hybridized carbons (Fsp3) is 0.500. The molecule has 1 fully saturated rings. The van der Waals surface area contributed by atoms with Gasteiger partial charge in [0.05, 0.1) is 0 Å². The zero-order valence-electron chi connectivity index (χ0n) is 2.51. The van der Waals surface area contributed by atoms with Gasteiger partial charge in [0, 0.05) is 0 Å². The molecule has 2 nitrogen and oxygen atoms in total. The minimum atomic E-state index is -0.834. The van der Waals surface area contributed by atoms with Crippen LogP contribution in [0.5, 0.6) is 0 Å². The van der Waals surface area contributed by atoms with Gasteiger partial charge in [0.1, 0.15) is 6.54 Å². The Balaban J connectivity index is 2.55. The number of fused-ring (bicyclic) bond motifs is 1. The van der Waals surface area contributed by atoms with Gasteiger partial charge in [-0.05, 0) is 0 Å². The Kier molecular flexibility index (Phi) is 0.176. The molecule has 2 aliphatic rings. The Labute approximate surface area is 30.5 Å². The number of nitrogens with zero attached hydrogens (tertiary/aromatic N) is 1. The summed E-state index contributed by atoms with van der Waals surface area (Å²) in [5.74, 6) is 0. The largest absolute Gasteiger partial charge is 0.612 e. The number of hydrogen-bond acceptors (Lipinski definition) is 2. The minimum absolute atomic E-state index is 0.834. The first-order valence-electron chi connectivity index (χ1n) is 1.50. The molecule has 0 N–H and O–H groups in total. The van der Waals surface area contributed by atoms with Crippen LogP contribution in [0.4, 0.5) is 0 Å². The second-order valence-corrected chi connectivity index (χ2v) is 2.79. The van der Waals surface area contributed by atoms with E-state index in [1.54, 1.807) is 0 Å². The van der Waals surface area contributed by atoms with Gasteiger partial charge in [-0.2, -0.15) is 0 Å². The molecule has 0 aliphatic carbocycles. The first kappa shape index (κ1) is 2.30. The van der Waals surface area contributed by atoms with E-state index in [-0.39, 0.29) is 0 Å². The van der Waals surface area contributed by atoms with Crippen molar-refractivity contribution >= 4 is 13.3 Å². The zero-order valence-corrected chi connectivity index (χ0v) is 3.40. The third-order valence-corrected chi connectivity index (χ3v) is 2.34. The molecule has 0 radical (unpaired) electrons. The normalized spacial score (nSPS) is 48.6. The summed E-state index contributed by atoms with van der Waals surface area (Å²) in [7, 11) is -0.834. The molecule has 0 bridgehead atoms. The van der Waals surface area contributed by atoms with Crippen molar-refractivity contribution in [2.75, 3.05) is 6.54 Å². The van der Waals surface area contributed by atoms with Gasteiger partial charge in [-0.3, -0.25) is 0 Å². The predicted molar refractivity (Wildman–Crippen MR) is 18.6 cm³/mol. The van der Waals surface area contributed by atoms with Crippen molar-refractivity contribution in [2.24, 2.45) is 0 Å². The highest BCUT2D eigenvalue weighted by Crippen LogP contribution is 2.51. The van der Waals surface area contributed by atoms with Crippen LogP contribution >= 0.6 is 7.92 Å². The molecule has 26 valence electrons. The standard InChI is InChI=1S/C2H2NOP/c4-5-2-1-3(2)5/h1H2. The van der Waals surface area contributed by atoms with E-state index in [4.69, 9.17) is 0 Å². The lowest BCUT2D eigenvalue weighted by molar-refractivity contribution is -0.155. The van der Waals surface area contributed by atoms with Crippen LogP contribution in [0.15, 0.2) is 0 Å². The van der Waals surface area contributed by atoms with Crippen molar-refractivity contribution < 1.29 is 4.89 Å². The van der Waals surface area contributed by atoms with Gasteiger partial charge in [-0.1, -0.05) is 4.67 Å². The summed E-state index contributed by atoms with van der Waals surface area (Å²) in [5.41, 5.74) is 1.18. The molecular weight excluding hydrogens is 85.0 g/mol. The third-order valence-electron chi connectivity index (χ3n) is 0.886. The van der Waals surface area contributed by atoms with Gasteiger partial charge in [0.25, 0.3) is 0 Å². The van der Waals surface area contributed by atoms with Gasteiger partial charge in [-0.25, -0.2) is 0 Å². The molecule has 5 heavy (non-hydrogen) atoms. The minimum Gasteiger partial charge on any atom is -0.612 e. The quantitative estimate of drug-likeness (QED) is 0.283. The van der Waals surface area contributed by atoms with Crippen LogP contribution in [0.25, 0.3) is 0 Å². The monoisotopic (exact) mass is 87.0 g/mol. The Morgan fingerprint density at radius 1 is 2.00 bits per heavy atom. The number of hydrogen-bond donors (Lipinski definition) is 0. The van der Waals surface area contributed by atoms with Crippen LogP contribution < -0.4 is 4.89 Å². The number of rotatable bonds is 0. The lowest BCUT2D eigenvalue weighted by atomic mass is 11.0. The maximum Gasteiger partial charge on any atom is 0.241 e. The van der Waals surface area contributed by atoms with E-state index in [0.717, 1.165) is 6.54 Å². The summed E-state index contributed by atoms with van der Waals surface area (Å²) in [5, 5.41) is 0. The maximum atomic E-state index is 9.97. The molecule has 0 aromatic heterocycles. The van der Waals surface area contributed by atoms with E-state index >= 15 is 0 Å². The van der Waals surface area contributed by atoms with E-state index in [0.29, 0.717) is 0 Å². The smallest absolute Gasteiger partial charge is 0.241 e. The predicted octanol–water partition coefficient (Wildman–Crippen LogP) is -0.882. The first-order valence-corrected chi connectivity index (χ1v) is 2.71. The second-order valence-electron chi connectivity index (χ2n) is 1.25. The molecule has 2 rings (SSSR count). The van der Waals surface area contributed by atoms with Crippen LogP contribution in [0.3, 0.4) is 0 Å². The van der Waals surface area contributed by atoms with Crippen molar-refractivity contribution in [1.82, 2.24) is 4.67 Å². The molecule has 1 saturated heterocycles. The lowest BCUT2D eigenvalue weighted by Crippen LogP contribution is -1.85. The Bertz CT molecular complexity index is 113. The highest BCUT2D eigenvalue weighted by atomic mass is 31.1. The van der Waals surface area contributed by atoms with E-state index < -0.39 is 7.92 Å². The fourth-order valence-corrected chi connectivity index (χ4v) is 1.12. The summed E-state index contributed by atoms with van der Waals surface area (Å²) in [6.07, 6.45) is 0. The highest BCUT2D eigenvalue weighted by Gasteiger charge is 2.60. The van der Waals surface area contributed by atoms with E-state index in [9.17, 15) is 4.89 Å². The van der Waals surface area contributed by atoms with E-state index in [1.165, 1.54) is 5.42 Å². The van der Waals surface area contributed by atoms with Crippen LogP contribution in [-0.4, -0.2) is 16.6 Å². The Morgan fingerprint density at radius 2 is 2.40 bits per heavy atom. The van der Waals surface area contributed by atoms with Crippen molar-refractivity contribution in [3.63, 3.8) is 0 Å². The summed E-state index contributed by atoms with van der Waals surface area (Å²) in [6.45, 7) is 1.04.